The van der Waals surface area contributed by atoms with E-state index in [1.807, 2.05) is 13.8 Å². The second-order valence-electron chi connectivity index (χ2n) is 6.28. The Morgan fingerprint density at radius 2 is 1.76 bits per heavy atom. The van der Waals surface area contributed by atoms with E-state index in [0.717, 1.165) is 6.42 Å². The Hall–Kier alpha value is -1.50. The first-order chi connectivity index (χ1) is 11.8. The summed E-state index contributed by atoms with van der Waals surface area (Å²) in [4.78, 5) is 28.1. The maximum absolute atomic E-state index is 12.4. The molecule has 0 saturated carbocycles. The lowest BCUT2D eigenvalue weighted by molar-refractivity contribution is -0.135. The lowest BCUT2D eigenvalue weighted by Crippen LogP contribution is -2.56. The molecule has 6 nitrogen and oxygen atoms in total. The van der Waals surface area contributed by atoms with Crippen molar-refractivity contribution in [2.75, 3.05) is 31.5 Å². The van der Waals surface area contributed by atoms with E-state index < -0.39 is 6.04 Å². The van der Waals surface area contributed by atoms with E-state index in [-0.39, 0.29) is 17.9 Å². The molecule has 1 aromatic carbocycles. The summed E-state index contributed by atoms with van der Waals surface area (Å²) in [7, 11) is 0. The molecule has 1 aliphatic rings. The quantitative estimate of drug-likeness (QED) is 0.834. The van der Waals surface area contributed by atoms with Crippen LogP contribution in [-0.2, 0) is 4.79 Å². The van der Waals surface area contributed by atoms with Gasteiger partial charge in [0.15, 0.2) is 0 Å². The van der Waals surface area contributed by atoms with Crippen LogP contribution in [0, 0.1) is 5.92 Å². The largest absolute Gasteiger partial charge is 0.338 e. The number of nitrogens with one attached hydrogen (secondary N) is 1. The van der Waals surface area contributed by atoms with Crippen molar-refractivity contribution in [1.29, 1.82) is 0 Å². The molecule has 3 amide bonds. The molecule has 0 spiro atoms. The number of benzene rings is 1. The van der Waals surface area contributed by atoms with Crippen LogP contribution in [0.25, 0.3) is 0 Å². The number of carbonyl (C=O) groups is 2. The number of nitrogens with two attached hydrogens (primary N) is 1. The molecular weight excluding hydrogens is 363 g/mol. The van der Waals surface area contributed by atoms with E-state index in [2.05, 4.69) is 5.32 Å². The van der Waals surface area contributed by atoms with Crippen molar-refractivity contribution in [3.8, 4) is 0 Å². The Morgan fingerprint density at radius 3 is 2.32 bits per heavy atom. The van der Waals surface area contributed by atoms with Crippen molar-refractivity contribution in [2.45, 2.75) is 26.3 Å². The smallest absolute Gasteiger partial charge is 0.321 e. The average molecular weight is 387 g/mol. The Morgan fingerprint density at radius 1 is 1.16 bits per heavy atom. The maximum Gasteiger partial charge on any atom is 0.321 e. The highest BCUT2D eigenvalue weighted by atomic mass is 35.5. The minimum atomic E-state index is -0.485. The zero-order chi connectivity index (χ0) is 18.6. The van der Waals surface area contributed by atoms with Crippen LogP contribution in [0.3, 0.4) is 0 Å². The third kappa shape index (κ3) is 5.00. The summed E-state index contributed by atoms with van der Waals surface area (Å²) in [6, 6.07) is 4.22. The molecule has 0 radical (unpaired) electrons. The first-order valence-electron chi connectivity index (χ1n) is 8.38. The number of nitrogens with zero attached hydrogens (tertiary/aromatic N) is 2. The van der Waals surface area contributed by atoms with E-state index in [4.69, 9.17) is 28.9 Å². The van der Waals surface area contributed by atoms with E-state index in [1.54, 1.807) is 28.0 Å². The Kier molecular flexibility index (Phi) is 6.93. The highest BCUT2D eigenvalue weighted by molar-refractivity contribution is 6.42. The Balaban J connectivity index is 1.87. The topological polar surface area (TPSA) is 78.7 Å². The molecule has 1 saturated heterocycles. The van der Waals surface area contributed by atoms with Gasteiger partial charge in [0.25, 0.3) is 0 Å². The minimum absolute atomic E-state index is 0.0427. The van der Waals surface area contributed by atoms with E-state index >= 15 is 0 Å². The van der Waals surface area contributed by atoms with Gasteiger partial charge in [-0.3, -0.25) is 4.79 Å². The molecule has 1 fully saturated rings. The van der Waals surface area contributed by atoms with Crippen molar-refractivity contribution in [3.63, 3.8) is 0 Å². The van der Waals surface area contributed by atoms with Crippen LogP contribution in [0.5, 0.6) is 0 Å². The molecule has 1 aliphatic heterocycles. The molecule has 1 heterocycles. The number of rotatable bonds is 4. The number of carbonyl (C=O) groups excluding carboxylic acids is 2. The van der Waals surface area contributed by atoms with Crippen LogP contribution < -0.4 is 11.1 Å². The van der Waals surface area contributed by atoms with E-state index in [0.29, 0.717) is 41.9 Å². The van der Waals surface area contributed by atoms with Crippen LogP contribution in [0.15, 0.2) is 18.2 Å². The number of hydrogen-bond donors (Lipinski definition) is 2. The summed E-state index contributed by atoms with van der Waals surface area (Å²) in [6.07, 6.45) is 0.860. The van der Waals surface area contributed by atoms with Crippen LogP contribution >= 0.6 is 23.2 Å². The number of anilines is 1. The number of piperazine rings is 1. The van der Waals surface area contributed by atoms with Crippen molar-refractivity contribution in [2.24, 2.45) is 11.7 Å². The van der Waals surface area contributed by atoms with Gasteiger partial charge in [-0.1, -0.05) is 43.5 Å². The van der Waals surface area contributed by atoms with Gasteiger partial charge in [-0.05, 0) is 24.1 Å². The summed E-state index contributed by atoms with van der Waals surface area (Å²) in [5, 5.41) is 3.61. The fourth-order valence-corrected chi connectivity index (χ4v) is 2.91. The van der Waals surface area contributed by atoms with Crippen LogP contribution in [0.1, 0.15) is 20.3 Å². The predicted octanol–water partition coefficient (Wildman–Crippen LogP) is 3.04. The van der Waals surface area contributed by atoms with Gasteiger partial charge >= 0.3 is 6.03 Å². The van der Waals surface area contributed by atoms with Gasteiger partial charge in [-0.2, -0.15) is 0 Å². The maximum atomic E-state index is 12.4. The number of halogens is 2. The molecule has 0 aliphatic carbocycles. The number of hydrogen-bond acceptors (Lipinski definition) is 3. The van der Waals surface area contributed by atoms with Gasteiger partial charge in [-0.15, -0.1) is 0 Å². The summed E-state index contributed by atoms with van der Waals surface area (Å²) >= 11 is 11.8. The standard InChI is InChI=1S/C17H24Cl2N4O2/c1-3-11(2)15(20)16(24)22-6-8-23(9-7-22)17(25)21-12-4-5-13(18)14(19)10-12/h4-5,10-11,15H,3,6-9,20H2,1-2H3,(H,21,25)/t11-,15+/m0/s1. The summed E-state index contributed by atoms with van der Waals surface area (Å²) < 4.78 is 0. The zero-order valence-corrected chi connectivity index (χ0v) is 16.0. The molecule has 2 rings (SSSR count). The number of urea groups is 1. The van der Waals surface area contributed by atoms with Crippen molar-refractivity contribution >= 4 is 40.8 Å². The highest BCUT2D eigenvalue weighted by Crippen LogP contribution is 2.25. The van der Waals surface area contributed by atoms with Crippen molar-refractivity contribution in [3.05, 3.63) is 28.2 Å². The van der Waals surface area contributed by atoms with Gasteiger partial charge in [0.1, 0.15) is 0 Å². The lowest BCUT2D eigenvalue weighted by Gasteiger charge is -2.36. The third-order valence-electron chi connectivity index (χ3n) is 4.59. The SMILES string of the molecule is CC[C@H](C)[C@@H](N)C(=O)N1CCN(C(=O)Nc2ccc(Cl)c(Cl)c2)CC1. The lowest BCUT2D eigenvalue weighted by atomic mass is 9.98. The zero-order valence-electron chi connectivity index (χ0n) is 14.5. The fourth-order valence-electron chi connectivity index (χ4n) is 2.61. The molecule has 0 unspecified atom stereocenters. The van der Waals surface area contributed by atoms with Crippen LogP contribution in [0.2, 0.25) is 10.0 Å². The normalized spacial score (nSPS) is 17.2. The van der Waals surface area contributed by atoms with Gasteiger partial charge < -0.3 is 20.9 Å². The molecule has 138 valence electrons. The van der Waals surface area contributed by atoms with Crippen LogP contribution in [0.4, 0.5) is 10.5 Å². The Labute approximate surface area is 158 Å². The summed E-state index contributed by atoms with van der Waals surface area (Å²) in [6.45, 7) is 5.89. The first kappa shape index (κ1) is 19.8. The second kappa shape index (κ2) is 8.74. The molecule has 25 heavy (non-hydrogen) atoms. The molecule has 0 bridgehead atoms. The molecule has 0 aromatic heterocycles. The second-order valence-corrected chi connectivity index (χ2v) is 7.10. The molecular formula is C17H24Cl2N4O2. The molecule has 3 N–H and O–H groups in total. The first-order valence-corrected chi connectivity index (χ1v) is 9.14. The van der Waals surface area contributed by atoms with Gasteiger partial charge in [0, 0.05) is 31.9 Å². The van der Waals surface area contributed by atoms with Gasteiger partial charge in [0.2, 0.25) is 5.91 Å². The predicted molar refractivity (Wildman–Crippen MR) is 101 cm³/mol. The monoisotopic (exact) mass is 386 g/mol. The summed E-state index contributed by atoms with van der Waals surface area (Å²) in [5.41, 5.74) is 6.60. The fraction of sp³-hybridized carbons (Fsp3) is 0.529. The Bertz CT molecular complexity index is 633. The summed E-state index contributed by atoms with van der Waals surface area (Å²) in [5.74, 6) is 0.0994. The molecule has 1 aromatic rings. The average Bonchev–Trinajstić information content (AvgIpc) is 2.63. The van der Waals surface area contributed by atoms with Gasteiger partial charge in [-0.25, -0.2) is 4.79 Å². The molecule has 2 atom stereocenters. The van der Waals surface area contributed by atoms with Crippen LogP contribution in [-0.4, -0.2) is 54.0 Å². The van der Waals surface area contributed by atoms with Gasteiger partial charge in [0.05, 0.1) is 16.1 Å². The van der Waals surface area contributed by atoms with Crippen molar-refractivity contribution < 1.29 is 9.59 Å². The number of amides is 3. The molecule has 8 heteroatoms. The van der Waals surface area contributed by atoms with E-state index in [1.165, 1.54) is 0 Å². The van der Waals surface area contributed by atoms with Crippen molar-refractivity contribution in [1.82, 2.24) is 9.80 Å². The van der Waals surface area contributed by atoms with E-state index in [9.17, 15) is 9.59 Å². The third-order valence-corrected chi connectivity index (χ3v) is 5.33. The minimum Gasteiger partial charge on any atom is -0.338 e. The highest BCUT2D eigenvalue weighted by Gasteiger charge is 2.29.